The van der Waals surface area contributed by atoms with Crippen molar-refractivity contribution in [1.29, 1.82) is 0 Å². The van der Waals surface area contributed by atoms with Crippen LogP contribution in [0.25, 0.3) is 0 Å². The predicted molar refractivity (Wildman–Crippen MR) is 193 cm³/mol. The highest BCUT2D eigenvalue weighted by atomic mass is 35.5. The fourth-order valence-electron chi connectivity index (χ4n) is 5.59. The number of carbonyl (C=O) groups excluding carboxylic acids is 2. The van der Waals surface area contributed by atoms with Gasteiger partial charge < -0.3 is 9.64 Å². The van der Waals surface area contributed by atoms with Crippen molar-refractivity contribution in [3.8, 4) is 0 Å². The summed E-state index contributed by atoms with van der Waals surface area (Å²) in [6.07, 6.45) is 3.19. The molecule has 1 aromatic heterocycles. The Labute approximate surface area is 316 Å². The van der Waals surface area contributed by atoms with Crippen LogP contribution in [0.2, 0.25) is 5.02 Å². The largest absolute Gasteiger partial charge is 0.455 e. The van der Waals surface area contributed by atoms with Crippen molar-refractivity contribution in [3.05, 3.63) is 123 Å². The van der Waals surface area contributed by atoms with Crippen LogP contribution >= 0.6 is 11.6 Å². The average molecular weight is 792 g/mol. The van der Waals surface area contributed by atoms with Crippen molar-refractivity contribution in [3.63, 3.8) is 0 Å². The highest BCUT2D eigenvalue weighted by Crippen LogP contribution is 2.42. The van der Waals surface area contributed by atoms with Gasteiger partial charge >= 0.3 is 5.97 Å². The van der Waals surface area contributed by atoms with Gasteiger partial charge in [0.05, 0.1) is 25.0 Å². The first kappa shape index (κ1) is 40.8. The molecule has 0 radical (unpaired) electrons. The zero-order valence-electron chi connectivity index (χ0n) is 30.4. The number of hydrogen-bond acceptors (Lipinski definition) is 6. The quantitative estimate of drug-likeness (QED) is 0.0652. The molecule has 5 rings (SSSR count). The molecule has 1 aliphatic carbocycles. The molecule has 0 atom stereocenters. The topological polar surface area (TPSA) is 96.9 Å². The Morgan fingerprint density at radius 2 is 1.41 bits per heavy atom. The minimum Gasteiger partial charge on any atom is -0.455 e. The van der Waals surface area contributed by atoms with Crippen molar-refractivity contribution >= 4 is 39.2 Å². The summed E-state index contributed by atoms with van der Waals surface area (Å²) < 4.78 is 106. The maximum absolute atomic E-state index is 15.1. The molecule has 0 spiro atoms. The third-order valence-corrected chi connectivity index (χ3v) is 10.7. The normalized spacial score (nSPS) is 13.6. The monoisotopic (exact) mass is 791 g/mol. The highest BCUT2D eigenvalue weighted by molar-refractivity contribution is 7.89. The zero-order chi connectivity index (χ0) is 39.9. The first-order valence-corrected chi connectivity index (χ1v) is 18.8. The molecule has 1 aliphatic rings. The fourth-order valence-corrected chi connectivity index (χ4v) is 7.21. The maximum atomic E-state index is 15.1. The second-order valence-corrected chi connectivity index (χ2v) is 17.5. The number of hydrogen-bond donors (Lipinski definition) is 0. The van der Waals surface area contributed by atoms with E-state index in [1.165, 1.54) is 47.5 Å². The molecule has 1 amide bonds. The minimum atomic E-state index is -5.61. The van der Waals surface area contributed by atoms with E-state index in [0.717, 1.165) is 24.0 Å². The minimum absolute atomic E-state index is 0.0786. The number of benzene rings is 3. The summed E-state index contributed by atoms with van der Waals surface area (Å²) in [4.78, 5) is 30.4. The number of carbonyl (C=O) groups is 2. The van der Waals surface area contributed by atoms with Gasteiger partial charge in [-0.25, -0.2) is 40.1 Å². The smallest absolute Gasteiger partial charge is 0.357 e. The van der Waals surface area contributed by atoms with E-state index in [1.54, 1.807) is 20.8 Å². The summed E-state index contributed by atoms with van der Waals surface area (Å²) in [7, 11) is -5.61. The summed E-state index contributed by atoms with van der Waals surface area (Å²) in [6.45, 7) is 9.14. The van der Waals surface area contributed by atoms with Crippen LogP contribution in [0.4, 0.5) is 27.6 Å². The molecule has 8 nitrogen and oxygen atoms in total. The molecule has 0 saturated heterocycles. The van der Waals surface area contributed by atoms with E-state index >= 15 is 8.78 Å². The van der Waals surface area contributed by atoms with E-state index < -0.39 is 74.6 Å². The number of rotatable bonds is 11. The Balaban J connectivity index is 1.61. The van der Waals surface area contributed by atoms with Gasteiger partial charge in [0, 0.05) is 11.6 Å². The van der Waals surface area contributed by atoms with Gasteiger partial charge in [-0.05, 0) is 91.5 Å². The average Bonchev–Trinajstić information content (AvgIpc) is 3.94. The van der Waals surface area contributed by atoms with Crippen LogP contribution in [0.15, 0.2) is 65.7 Å². The third-order valence-electron chi connectivity index (χ3n) is 8.59. The van der Waals surface area contributed by atoms with Crippen molar-refractivity contribution < 1.29 is 44.7 Å². The molecule has 288 valence electrons. The van der Waals surface area contributed by atoms with Gasteiger partial charge in [0.1, 0.15) is 11.3 Å². The molecule has 15 heteroatoms. The molecule has 1 saturated carbocycles. The van der Waals surface area contributed by atoms with Gasteiger partial charge in [0.15, 0.2) is 28.2 Å². The first-order valence-electron chi connectivity index (χ1n) is 17.0. The van der Waals surface area contributed by atoms with Crippen molar-refractivity contribution in [2.24, 2.45) is 0 Å². The SMILES string of the molecule is CC(C)(C)OC(=O)c1ccc(N(Cc2cc(C3CC3)cc(C(C)(C)C)c2)C(=O)CN(Cc2ccc(Cl)cc2)S(=O)(=O)c2c(F)c(F)c(F)c(F)c2F)cn1. The second-order valence-electron chi connectivity index (χ2n) is 15.2. The van der Waals surface area contributed by atoms with Gasteiger partial charge in [-0.2, -0.15) is 4.31 Å². The lowest BCUT2D eigenvalue weighted by atomic mass is 9.84. The molecule has 0 aliphatic heterocycles. The van der Waals surface area contributed by atoms with Gasteiger partial charge in [-0.15, -0.1) is 0 Å². The molecule has 3 aromatic carbocycles. The lowest BCUT2D eigenvalue weighted by Crippen LogP contribution is -2.43. The van der Waals surface area contributed by atoms with E-state index in [0.29, 0.717) is 15.8 Å². The summed E-state index contributed by atoms with van der Waals surface area (Å²) in [5.74, 6) is -14.0. The van der Waals surface area contributed by atoms with Crippen molar-refractivity contribution in [1.82, 2.24) is 9.29 Å². The molecular weight excluding hydrogens is 753 g/mol. The zero-order valence-corrected chi connectivity index (χ0v) is 32.0. The summed E-state index contributed by atoms with van der Waals surface area (Å²) >= 11 is 5.99. The molecule has 1 fully saturated rings. The van der Waals surface area contributed by atoms with E-state index in [1.807, 2.05) is 32.9 Å². The Morgan fingerprint density at radius 3 is 1.93 bits per heavy atom. The Hall–Kier alpha value is -4.40. The number of pyridine rings is 1. The molecule has 4 aromatic rings. The van der Waals surface area contributed by atoms with Crippen LogP contribution in [0.3, 0.4) is 0 Å². The molecule has 0 unspecified atom stereocenters. The van der Waals surface area contributed by atoms with E-state index in [4.69, 9.17) is 16.3 Å². The molecule has 54 heavy (non-hydrogen) atoms. The van der Waals surface area contributed by atoms with E-state index in [9.17, 15) is 31.2 Å². The van der Waals surface area contributed by atoms with Crippen LogP contribution in [0.1, 0.15) is 93.0 Å². The highest BCUT2D eigenvalue weighted by Gasteiger charge is 2.39. The van der Waals surface area contributed by atoms with Crippen LogP contribution in [-0.4, -0.2) is 41.7 Å². The molecule has 0 N–H and O–H groups in total. The predicted octanol–water partition coefficient (Wildman–Crippen LogP) is 8.99. The molecular formula is C39H39ClF5N3O5S. The number of esters is 1. The van der Waals surface area contributed by atoms with Gasteiger partial charge in [-0.3, -0.25) is 4.79 Å². The Bertz CT molecular complexity index is 2160. The van der Waals surface area contributed by atoms with E-state index in [-0.39, 0.29) is 33.9 Å². The summed E-state index contributed by atoms with van der Waals surface area (Å²) in [5.41, 5.74) is 1.80. The fraction of sp³-hybridized carbons (Fsp3) is 0.359. The molecule has 1 heterocycles. The lowest BCUT2D eigenvalue weighted by molar-refractivity contribution is -0.119. The van der Waals surface area contributed by atoms with E-state index in [2.05, 4.69) is 11.1 Å². The second kappa shape index (κ2) is 15.4. The Kier molecular flexibility index (Phi) is 11.6. The summed E-state index contributed by atoms with van der Waals surface area (Å²) in [6, 6.07) is 14.2. The van der Waals surface area contributed by atoms with Crippen LogP contribution in [0.5, 0.6) is 0 Å². The number of aromatic nitrogens is 1. The van der Waals surface area contributed by atoms with Gasteiger partial charge in [0.2, 0.25) is 21.7 Å². The van der Waals surface area contributed by atoms with Crippen molar-refractivity contribution in [2.75, 3.05) is 11.4 Å². The Morgan fingerprint density at radius 1 is 0.815 bits per heavy atom. The maximum Gasteiger partial charge on any atom is 0.357 e. The third kappa shape index (κ3) is 9.27. The van der Waals surface area contributed by atoms with Crippen LogP contribution < -0.4 is 4.90 Å². The van der Waals surface area contributed by atoms with Crippen molar-refractivity contribution in [2.45, 2.75) is 89.3 Å². The number of nitrogens with zero attached hydrogens (tertiary/aromatic N) is 3. The van der Waals surface area contributed by atoms with Crippen LogP contribution in [-0.2, 0) is 38.1 Å². The number of halogens is 6. The standard InChI is InChI=1S/C39H39ClF5N3O5S/c1-38(2,3)26-16-23(15-25(17-26)24-9-10-24)20-48(28-13-14-29(46-18-28)37(50)53-39(4,5)6)30(49)21-47(19-22-7-11-27(40)12-8-22)54(51,52)36-34(44)32(42)31(41)33(43)35(36)45/h7-8,11-18,24H,9-10,19-21H2,1-6H3. The van der Waals surface area contributed by atoms with Gasteiger partial charge in [0.25, 0.3) is 0 Å². The van der Waals surface area contributed by atoms with Crippen LogP contribution in [0, 0.1) is 29.1 Å². The number of amides is 1. The first-order chi connectivity index (χ1) is 25.1. The summed E-state index contributed by atoms with van der Waals surface area (Å²) in [5, 5.41) is 0.264. The number of sulfonamides is 1. The molecule has 0 bridgehead atoms. The number of ether oxygens (including phenoxy) is 1. The number of anilines is 1. The van der Waals surface area contributed by atoms with Gasteiger partial charge in [-0.1, -0.05) is 62.7 Å². The lowest BCUT2D eigenvalue weighted by Gasteiger charge is -2.29.